The highest BCUT2D eigenvalue weighted by Crippen LogP contribution is 2.29. The summed E-state index contributed by atoms with van der Waals surface area (Å²) in [5, 5.41) is 0. The van der Waals surface area contributed by atoms with Gasteiger partial charge >= 0.3 is 0 Å². The monoisotopic (exact) mass is 274 g/mol. The summed E-state index contributed by atoms with van der Waals surface area (Å²) < 4.78 is 0. The third-order valence-electron chi connectivity index (χ3n) is 4.41. The molecule has 1 aromatic carbocycles. The Balaban J connectivity index is 2.20. The maximum Gasteiger partial charge on any atom is 0.230 e. The largest absolute Gasteiger partial charge is 0.341 e. The molecule has 1 amide bonds. The van der Waals surface area contributed by atoms with Crippen molar-refractivity contribution in [2.75, 3.05) is 13.1 Å². The molecule has 0 radical (unpaired) electrons. The molecule has 110 valence electrons. The number of carbonyl (C=O) groups is 1. The Labute approximate surface area is 122 Å². The number of hydrogen-bond acceptors (Lipinski definition) is 2. The van der Waals surface area contributed by atoms with Crippen LogP contribution in [-0.2, 0) is 4.79 Å². The molecular weight excluding hydrogens is 248 g/mol. The summed E-state index contributed by atoms with van der Waals surface area (Å²) in [4.78, 5) is 14.9. The van der Waals surface area contributed by atoms with Gasteiger partial charge in [0.15, 0.2) is 0 Å². The zero-order valence-electron chi connectivity index (χ0n) is 12.6. The molecule has 1 aliphatic rings. The topological polar surface area (TPSA) is 46.3 Å². The Kier molecular flexibility index (Phi) is 5.18. The van der Waals surface area contributed by atoms with Crippen molar-refractivity contribution in [2.24, 2.45) is 11.7 Å². The van der Waals surface area contributed by atoms with E-state index in [1.54, 1.807) is 0 Å². The molecule has 0 bridgehead atoms. The third kappa shape index (κ3) is 3.40. The van der Waals surface area contributed by atoms with Crippen molar-refractivity contribution in [1.82, 2.24) is 4.90 Å². The molecule has 2 unspecified atom stereocenters. The van der Waals surface area contributed by atoms with E-state index in [-0.39, 0.29) is 17.9 Å². The lowest BCUT2D eigenvalue weighted by Crippen LogP contribution is -2.48. The molecule has 1 fully saturated rings. The normalized spacial score (nSPS) is 22.4. The lowest BCUT2D eigenvalue weighted by atomic mass is 9.84. The Hall–Kier alpha value is -1.35. The highest BCUT2D eigenvalue weighted by Gasteiger charge is 2.31. The number of carbonyl (C=O) groups excluding carboxylic acids is 1. The molecule has 0 spiro atoms. The summed E-state index contributed by atoms with van der Waals surface area (Å²) in [6.45, 7) is 5.88. The first-order chi connectivity index (χ1) is 9.63. The lowest BCUT2D eigenvalue weighted by Gasteiger charge is -2.35. The van der Waals surface area contributed by atoms with Crippen LogP contribution in [0.15, 0.2) is 30.3 Å². The predicted molar refractivity (Wildman–Crippen MR) is 82.4 cm³/mol. The van der Waals surface area contributed by atoms with Crippen molar-refractivity contribution in [3.8, 4) is 0 Å². The van der Waals surface area contributed by atoms with Crippen LogP contribution in [0.3, 0.4) is 0 Å². The van der Waals surface area contributed by atoms with Crippen molar-refractivity contribution in [3.63, 3.8) is 0 Å². The second kappa shape index (κ2) is 6.89. The van der Waals surface area contributed by atoms with Gasteiger partial charge in [-0.2, -0.15) is 0 Å². The van der Waals surface area contributed by atoms with Crippen LogP contribution in [0, 0.1) is 5.92 Å². The quantitative estimate of drug-likeness (QED) is 0.917. The Bertz CT molecular complexity index is 432. The van der Waals surface area contributed by atoms with Crippen LogP contribution < -0.4 is 5.73 Å². The number of likely N-dealkylation sites (tertiary alicyclic amines) is 1. The number of amides is 1. The molecule has 3 atom stereocenters. The molecule has 1 saturated heterocycles. The number of piperidine rings is 1. The maximum absolute atomic E-state index is 12.9. The van der Waals surface area contributed by atoms with Gasteiger partial charge in [-0.05, 0) is 24.3 Å². The smallest absolute Gasteiger partial charge is 0.230 e. The van der Waals surface area contributed by atoms with E-state index in [2.05, 4.69) is 26.0 Å². The Morgan fingerprint density at radius 2 is 2.10 bits per heavy atom. The van der Waals surface area contributed by atoms with Gasteiger partial charge in [0.25, 0.3) is 0 Å². The second-order valence-corrected chi connectivity index (χ2v) is 5.96. The average Bonchev–Trinajstić information content (AvgIpc) is 2.48. The minimum absolute atomic E-state index is 0.0356. The first-order valence-corrected chi connectivity index (χ1v) is 7.72. The number of nitrogens with two attached hydrogens (primary N) is 1. The van der Waals surface area contributed by atoms with Crippen molar-refractivity contribution in [3.05, 3.63) is 35.9 Å². The van der Waals surface area contributed by atoms with E-state index in [9.17, 15) is 4.79 Å². The van der Waals surface area contributed by atoms with E-state index in [0.717, 1.165) is 31.4 Å². The third-order valence-corrected chi connectivity index (χ3v) is 4.41. The summed E-state index contributed by atoms with van der Waals surface area (Å²) in [5.41, 5.74) is 7.15. The standard InChI is InChI=1S/C17H26N2O/c1-3-13(2)16(14-8-5-4-6-9-14)17(20)19-11-7-10-15(18)12-19/h4-6,8-9,13,15-16H,3,7,10-12,18H2,1-2H3/t13?,15-,16?/m1/s1. The molecule has 20 heavy (non-hydrogen) atoms. The maximum atomic E-state index is 12.9. The molecule has 3 heteroatoms. The van der Waals surface area contributed by atoms with Gasteiger partial charge < -0.3 is 10.6 Å². The average molecular weight is 274 g/mol. The van der Waals surface area contributed by atoms with E-state index in [1.807, 2.05) is 23.1 Å². The van der Waals surface area contributed by atoms with Crippen LogP contribution in [0.2, 0.25) is 0 Å². The van der Waals surface area contributed by atoms with Crippen LogP contribution in [0.5, 0.6) is 0 Å². The van der Waals surface area contributed by atoms with Crippen LogP contribution in [0.25, 0.3) is 0 Å². The van der Waals surface area contributed by atoms with Crippen molar-refractivity contribution < 1.29 is 4.79 Å². The molecule has 1 aliphatic heterocycles. The summed E-state index contributed by atoms with van der Waals surface area (Å²) in [6, 6.07) is 10.3. The number of nitrogens with zero attached hydrogens (tertiary/aromatic N) is 1. The molecule has 1 heterocycles. The minimum Gasteiger partial charge on any atom is -0.341 e. The van der Waals surface area contributed by atoms with E-state index in [0.29, 0.717) is 12.5 Å². The highest BCUT2D eigenvalue weighted by molar-refractivity contribution is 5.84. The van der Waals surface area contributed by atoms with E-state index in [1.165, 1.54) is 0 Å². The van der Waals surface area contributed by atoms with Crippen molar-refractivity contribution >= 4 is 5.91 Å². The van der Waals surface area contributed by atoms with Gasteiger partial charge in [-0.1, -0.05) is 50.6 Å². The summed E-state index contributed by atoms with van der Waals surface area (Å²) in [6.07, 6.45) is 3.06. The van der Waals surface area contributed by atoms with Crippen molar-refractivity contribution in [1.29, 1.82) is 0 Å². The van der Waals surface area contributed by atoms with Gasteiger partial charge in [0, 0.05) is 19.1 Å². The van der Waals surface area contributed by atoms with Crippen molar-refractivity contribution in [2.45, 2.75) is 45.1 Å². The SMILES string of the molecule is CCC(C)C(C(=O)N1CCC[C@@H](N)C1)c1ccccc1. The van der Waals surface area contributed by atoms with Gasteiger partial charge in [0.1, 0.15) is 0 Å². The first-order valence-electron chi connectivity index (χ1n) is 7.72. The minimum atomic E-state index is -0.0356. The van der Waals surface area contributed by atoms with Gasteiger partial charge in [0.2, 0.25) is 5.91 Å². The van der Waals surface area contributed by atoms with Crippen LogP contribution in [0.4, 0.5) is 0 Å². The molecule has 2 N–H and O–H groups in total. The molecule has 3 nitrogen and oxygen atoms in total. The Morgan fingerprint density at radius 1 is 1.40 bits per heavy atom. The number of rotatable bonds is 4. The van der Waals surface area contributed by atoms with Gasteiger partial charge in [-0.3, -0.25) is 4.79 Å². The van der Waals surface area contributed by atoms with E-state index >= 15 is 0 Å². The number of benzene rings is 1. The van der Waals surface area contributed by atoms with Crippen LogP contribution >= 0.6 is 0 Å². The van der Waals surface area contributed by atoms with Crippen LogP contribution in [0.1, 0.15) is 44.6 Å². The summed E-state index contributed by atoms with van der Waals surface area (Å²) in [7, 11) is 0. The fourth-order valence-corrected chi connectivity index (χ4v) is 3.02. The molecule has 2 rings (SSSR count). The van der Waals surface area contributed by atoms with Gasteiger partial charge in [-0.15, -0.1) is 0 Å². The van der Waals surface area contributed by atoms with Gasteiger partial charge in [0.05, 0.1) is 5.92 Å². The molecular formula is C17H26N2O. The van der Waals surface area contributed by atoms with E-state index in [4.69, 9.17) is 5.73 Å². The lowest BCUT2D eigenvalue weighted by molar-refractivity contribution is -0.135. The first kappa shape index (κ1) is 15.0. The zero-order valence-corrected chi connectivity index (χ0v) is 12.6. The Morgan fingerprint density at radius 3 is 2.70 bits per heavy atom. The molecule has 0 aromatic heterocycles. The fourth-order valence-electron chi connectivity index (χ4n) is 3.02. The molecule has 1 aromatic rings. The summed E-state index contributed by atoms with van der Waals surface area (Å²) in [5.74, 6) is 0.565. The van der Waals surface area contributed by atoms with E-state index < -0.39 is 0 Å². The second-order valence-electron chi connectivity index (χ2n) is 5.96. The van der Waals surface area contributed by atoms with Crippen LogP contribution in [-0.4, -0.2) is 29.9 Å². The zero-order chi connectivity index (χ0) is 14.5. The number of hydrogen-bond donors (Lipinski definition) is 1. The molecule has 0 saturated carbocycles. The predicted octanol–water partition coefficient (Wildman–Crippen LogP) is 2.77. The fraction of sp³-hybridized carbons (Fsp3) is 0.588. The molecule has 0 aliphatic carbocycles. The van der Waals surface area contributed by atoms with Gasteiger partial charge in [-0.25, -0.2) is 0 Å². The highest BCUT2D eigenvalue weighted by atomic mass is 16.2. The summed E-state index contributed by atoms with van der Waals surface area (Å²) >= 11 is 0.